The largest absolute Gasteiger partial charge is 0.461 e. The lowest BCUT2D eigenvalue weighted by Crippen LogP contribution is -2.34. The molecule has 0 bridgehead atoms. The van der Waals surface area contributed by atoms with E-state index >= 15 is 0 Å². The molecule has 4 nitrogen and oxygen atoms in total. The molecule has 1 aromatic carbocycles. The predicted molar refractivity (Wildman–Crippen MR) is 110 cm³/mol. The van der Waals surface area contributed by atoms with Crippen LogP contribution in [0.3, 0.4) is 0 Å². The zero-order chi connectivity index (χ0) is 19.4. The summed E-state index contributed by atoms with van der Waals surface area (Å²) in [5, 5.41) is 3.84. The first-order chi connectivity index (χ1) is 13.0. The zero-order valence-electron chi connectivity index (χ0n) is 15.6. The monoisotopic (exact) mass is 405 g/mol. The first kappa shape index (κ1) is 20.0. The van der Waals surface area contributed by atoms with Gasteiger partial charge in [0.2, 0.25) is 0 Å². The molecular formula is C21H24ClNO3S. The number of hydrogen-bond donors (Lipinski definition) is 1. The standard InChI is InChI=1S/C21H24ClNO3S/c1-3-27-12-11-26-21(25)18-13(2)23-16-9-6-10-17(24)20(16)19(18)14-7-4-5-8-15(14)22/h4-5,7-8,19,23H,3,6,9-12H2,1-2H3/t19-/m1/s1. The van der Waals surface area contributed by atoms with Crippen molar-refractivity contribution >= 4 is 35.1 Å². The van der Waals surface area contributed by atoms with E-state index in [1.807, 2.05) is 25.1 Å². The molecule has 144 valence electrons. The van der Waals surface area contributed by atoms with Crippen LogP contribution in [0.2, 0.25) is 5.02 Å². The van der Waals surface area contributed by atoms with Gasteiger partial charge in [0.05, 0.1) is 5.57 Å². The molecular weight excluding hydrogens is 382 g/mol. The average Bonchev–Trinajstić information content (AvgIpc) is 2.65. The molecule has 1 aliphatic heterocycles. The predicted octanol–water partition coefficient (Wildman–Crippen LogP) is 4.60. The lowest BCUT2D eigenvalue weighted by Gasteiger charge is -2.34. The molecule has 1 aromatic rings. The van der Waals surface area contributed by atoms with Crippen LogP contribution in [0.1, 0.15) is 44.6 Å². The summed E-state index contributed by atoms with van der Waals surface area (Å²) in [6, 6.07) is 7.41. The number of rotatable bonds is 6. The van der Waals surface area contributed by atoms with Gasteiger partial charge in [-0.2, -0.15) is 11.8 Å². The van der Waals surface area contributed by atoms with Gasteiger partial charge in [-0.3, -0.25) is 4.79 Å². The number of thioether (sulfide) groups is 1. The molecule has 27 heavy (non-hydrogen) atoms. The smallest absolute Gasteiger partial charge is 0.336 e. The van der Waals surface area contributed by atoms with E-state index in [1.54, 1.807) is 17.8 Å². The number of carbonyl (C=O) groups excluding carboxylic acids is 2. The Morgan fingerprint density at radius 1 is 1.33 bits per heavy atom. The number of allylic oxidation sites excluding steroid dienone is 3. The van der Waals surface area contributed by atoms with Gasteiger partial charge in [0, 0.05) is 40.1 Å². The third-order valence-electron chi connectivity index (χ3n) is 4.88. The Hall–Kier alpha value is -1.72. The van der Waals surface area contributed by atoms with Crippen molar-refractivity contribution in [3.63, 3.8) is 0 Å². The van der Waals surface area contributed by atoms with Crippen molar-refractivity contribution in [2.75, 3.05) is 18.1 Å². The Morgan fingerprint density at radius 3 is 2.85 bits per heavy atom. The van der Waals surface area contributed by atoms with Crippen molar-refractivity contribution in [1.82, 2.24) is 5.32 Å². The van der Waals surface area contributed by atoms with Crippen LogP contribution in [0.25, 0.3) is 0 Å². The van der Waals surface area contributed by atoms with Crippen molar-refractivity contribution in [1.29, 1.82) is 0 Å². The molecule has 1 N–H and O–H groups in total. The third kappa shape index (κ3) is 4.25. The zero-order valence-corrected chi connectivity index (χ0v) is 17.2. The van der Waals surface area contributed by atoms with Gasteiger partial charge in [-0.15, -0.1) is 0 Å². The van der Waals surface area contributed by atoms with Gasteiger partial charge in [0.25, 0.3) is 0 Å². The van der Waals surface area contributed by atoms with E-state index in [0.29, 0.717) is 29.2 Å². The average molecular weight is 406 g/mol. The number of nitrogens with one attached hydrogen (secondary N) is 1. The molecule has 1 heterocycles. The topological polar surface area (TPSA) is 55.4 Å². The lowest BCUT2D eigenvalue weighted by molar-refractivity contribution is -0.138. The molecule has 0 unspecified atom stereocenters. The maximum absolute atomic E-state index is 12.9. The highest BCUT2D eigenvalue weighted by atomic mass is 35.5. The molecule has 0 saturated carbocycles. The summed E-state index contributed by atoms with van der Waals surface area (Å²) in [5.41, 5.74) is 3.57. The Balaban J connectivity index is 2.01. The second kappa shape index (κ2) is 8.98. The van der Waals surface area contributed by atoms with E-state index in [9.17, 15) is 9.59 Å². The Morgan fingerprint density at radius 2 is 2.11 bits per heavy atom. The minimum Gasteiger partial charge on any atom is -0.461 e. The number of ether oxygens (including phenoxy) is 1. The SMILES string of the molecule is CCSCCOC(=O)C1=C(C)NC2=C(C(=O)CCC2)[C@@H]1c1ccccc1Cl. The number of halogens is 1. The first-order valence-corrected chi connectivity index (χ1v) is 10.8. The van der Waals surface area contributed by atoms with Crippen LogP contribution in [0.5, 0.6) is 0 Å². The second-order valence-corrected chi connectivity index (χ2v) is 8.42. The minimum atomic E-state index is -0.478. The van der Waals surface area contributed by atoms with Crippen molar-refractivity contribution < 1.29 is 14.3 Å². The van der Waals surface area contributed by atoms with Crippen LogP contribution < -0.4 is 5.32 Å². The van der Waals surface area contributed by atoms with Gasteiger partial charge in [-0.05, 0) is 37.1 Å². The van der Waals surface area contributed by atoms with Crippen LogP contribution in [0, 0.1) is 0 Å². The van der Waals surface area contributed by atoms with Crippen molar-refractivity contribution in [3.05, 3.63) is 57.4 Å². The summed E-state index contributed by atoms with van der Waals surface area (Å²) in [5.74, 6) is 0.952. The van der Waals surface area contributed by atoms with Gasteiger partial charge in [-0.25, -0.2) is 4.79 Å². The van der Waals surface area contributed by atoms with Crippen molar-refractivity contribution in [2.45, 2.75) is 39.0 Å². The molecule has 0 radical (unpaired) electrons. The maximum atomic E-state index is 12.9. The highest BCUT2D eigenvalue weighted by Crippen LogP contribution is 2.44. The van der Waals surface area contributed by atoms with Crippen LogP contribution in [0.4, 0.5) is 0 Å². The molecule has 0 aromatic heterocycles. The third-order valence-corrected chi connectivity index (χ3v) is 6.08. The number of esters is 1. The van der Waals surface area contributed by atoms with Crippen molar-refractivity contribution in [3.8, 4) is 0 Å². The summed E-state index contributed by atoms with van der Waals surface area (Å²) >= 11 is 8.19. The second-order valence-electron chi connectivity index (χ2n) is 6.62. The van der Waals surface area contributed by atoms with Gasteiger partial charge >= 0.3 is 5.97 Å². The molecule has 0 fully saturated rings. The van der Waals surface area contributed by atoms with E-state index in [-0.39, 0.29) is 11.8 Å². The fourth-order valence-corrected chi connectivity index (χ4v) is 4.42. The number of carbonyl (C=O) groups is 2. The van der Waals surface area contributed by atoms with Gasteiger partial charge < -0.3 is 10.1 Å². The highest BCUT2D eigenvalue weighted by molar-refractivity contribution is 7.99. The van der Waals surface area contributed by atoms with Crippen molar-refractivity contribution in [2.24, 2.45) is 0 Å². The molecule has 2 aliphatic rings. The molecule has 0 saturated heterocycles. The number of benzene rings is 1. The highest BCUT2D eigenvalue weighted by Gasteiger charge is 2.39. The molecule has 0 amide bonds. The number of dihydropyridines is 1. The van der Waals surface area contributed by atoms with Gasteiger partial charge in [-0.1, -0.05) is 36.7 Å². The van der Waals surface area contributed by atoms with Crippen LogP contribution in [-0.2, 0) is 14.3 Å². The number of ketones is 1. The van der Waals surface area contributed by atoms with E-state index in [1.165, 1.54) is 0 Å². The normalized spacial score (nSPS) is 19.7. The summed E-state index contributed by atoms with van der Waals surface area (Å²) in [6.07, 6.45) is 2.12. The fraction of sp³-hybridized carbons (Fsp3) is 0.429. The molecule has 3 rings (SSSR count). The molecule has 1 aliphatic carbocycles. The summed E-state index contributed by atoms with van der Waals surface area (Å²) in [6.45, 7) is 4.29. The van der Waals surface area contributed by atoms with Crippen LogP contribution >= 0.6 is 23.4 Å². The Kier molecular flexibility index (Phi) is 6.66. The van der Waals surface area contributed by atoms with E-state index in [4.69, 9.17) is 16.3 Å². The summed E-state index contributed by atoms with van der Waals surface area (Å²) in [4.78, 5) is 25.7. The van der Waals surface area contributed by atoms with Gasteiger partial charge in [0.15, 0.2) is 5.78 Å². The Labute approximate surface area is 169 Å². The molecule has 1 atom stereocenters. The number of Topliss-reactive ketones (excluding diaryl/α,β-unsaturated/α-hetero) is 1. The van der Waals surface area contributed by atoms with Gasteiger partial charge in [0.1, 0.15) is 6.61 Å². The van der Waals surface area contributed by atoms with E-state index in [0.717, 1.165) is 41.3 Å². The molecule has 0 spiro atoms. The number of hydrogen-bond acceptors (Lipinski definition) is 5. The van der Waals surface area contributed by atoms with E-state index < -0.39 is 5.92 Å². The molecule has 6 heteroatoms. The first-order valence-electron chi connectivity index (χ1n) is 9.27. The van der Waals surface area contributed by atoms with E-state index in [2.05, 4.69) is 12.2 Å². The van der Waals surface area contributed by atoms with Crippen LogP contribution in [0.15, 0.2) is 46.8 Å². The summed E-state index contributed by atoms with van der Waals surface area (Å²) in [7, 11) is 0. The maximum Gasteiger partial charge on any atom is 0.336 e. The minimum absolute atomic E-state index is 0.0769. The lowest BCUT2D eigenvalue weighted by atomic mass is 9.75. The van der Waals surface area contributed by atoms with Crippen LogP contribution in [-0.4, -0.2) is 29.9 Å². The Bertz CT molecular complexity index is 815. The summed E-state index contributed by atoms with van der Waals surface area (Å²) < 4.78 is 5.53. The fourth-order valence-electron chi connectivity index (χ4n) is 3.69. The quantitative estimate of drug-likeness (QED) is 0.553.